The Kier molecular flexibility index (Phi) is 6.81. The molecule has 0 radical (unpaired) electrons. The zero-order valence-corrected chi connectivity index (χ0v) is 19.2. The van der Waals surface area contributed by atoms with Crippen LogP contribution in [0.4, 0.5) is 0 Å². The fraction of sp³-hybridized carbons (Fsp3) is 0.538. The van der Waals surface area contributed by atoms with Crippen LogP contribution in [0.3, 0.4) is 0 Å². The van der Waals surface area contributed by atoms with Gasteiger partial charge in [0.1, 0.15) is 0 Å². The van der Waals surface area contributed by atoms with E-state index in [1.165, 1.54) is 80.9 Å². The van der Waals surface area contributed by atoms with Crippen LogP contribution in [0.1, 0.15) is 87.2 Å². The van der Waals surface area contributed by atoms with Gasteiger partial charge in [-0.3, -0.25) is 0 Å². The molecule has 0 amide bonds. The summed E-state index contributed by atoms with van der Waals surface area (Å²) in [5.41, 5.74) is 5.70. The van der Waals surface area contributed by atoms with E-state index in [-0.39, 0.29) is 0 Å². The third kappa shape index (κ3) is 4.06. The molecule has 0 heterocycles. The lowest BCUT2D eigenvalue weighted by Crippen LogP contribution is -2.20. The van der Waals surface area contributed by atoms with Crippen molar-refractivity contribution < 1.29 is 9.47 Å². The number of hydrogen-bond donors (Lipinski definition) is 0. The average molecular weight is 411 g/mol. The van der Waals surface area contributed by atoms with Crippen molar-refractivity contribution in [1.29, 1.82) is 0 Å². The maximum Gasteiger partial charge on any atom is 0.168 e. The molecule has 2 nitrogen and oxygen atoms in total. The lowest BCUT2D eigenvalue weighted by molar-refractivity contribution is 0.341. The summed E-state index contributed by atoms with van der Waals surface area (Å²) in [7, 11) is 6.59. The van der Waals surface area contributed by atoms with Gasteiger partial charge in [-0.1, -0.05) is 68.9 Å². The molecular weight excluding hydrogens is 375 g/mol. The van der Waals surface area contributed by atoms with Gasteiger partial charge >= 0.3 is 0 Å². The minimum absolute atomic E-state index is 0.581. The summed E-state index contributed by atoms with van der Waals surface area (Å²) in [6.45, 7) is 0. The summed E-state index contributed by atoms with van der Waals surface area (Å²) in [6, 6.07) is 10.9. The Morgan fingerprint density at radius 3 is 1.72 bits per heavy atom. The van der Waals surface area contributed by atoms with E-state index in [0.29, 0.717) is 11.8 Å². The molecule has 0 bridgehead atoms. The van der Waals surface area contributed by atoms with Gasteiger partial charge in [-0.15, -0.1) is 9.24 Å². The fourth-order valence-corrected chi connectivity index (χ4v) is 6.26. The van der Waals surface area contributed by atoms with Crippen molar-refractivity contribution in [2.24, 2.45) is 0 Å². The SMILES string of the molecule is COc1c(P)c(-c2ccccc2)c(C2CCCCC2)c(C2CCCCC2)c1OC. The highest BCUT2D eigenvalue weighted by Gasteiger charge is 2.33. The van der Waals surface area contributed by atoms with Crippen LogP contribution >= 0.6 is 9.24 Å². The number of rotatable bonds is 5. The molecule has 0 N–H and O–H groups in total. The van der Waals surface area contributed by atoms with E-state index in [1.807, 2.05) is 7.11 Å². The molecule has 0 saturated heterocycles. The van der Waals surface area contributed by atoms with Crippen LogP contribution in [-0.4, -0.2) is 14.2 Å². The Morgan fingerprint density at radius 1 is 0.690 bits per heavy atom. The Bertz CT molecular complexity index is 819. The van der Waals surface area contributed by atoms with Gasteiger partial charge in [0.2, 0.25) is 0 Å². The normalized spacial score (nSPS) is 18.6. The van der Waals surface area contributed by atoms with Crippen molar-refractivity contribution in [3.63, 3.8) is 0 Å². The van der Waals surface area contributed by atoms with E-state index >= 15 is 0 Å². The average Bonchev–Trinajstić information content (AvgIpc) is 2.79. The van der Waals surface area contributed by atoms with Crippen molar-refractivity contribution >= 4 is 14.5 Å². The number of hydrogen-bond acceptors (Lipinski definition) is 2. The summed E-state index contributed by atoms with van der Waals surface area (Å²) < 4.78 is 12.0. The minimum Gasteiger partial charge on any atom is -0.493 e. The molecule has 2 saturated carbocycles. The fourth-order valence-electron chi connectivity index (χ4n) is 5.69. The van der Waals surface area contributed by atoms with Crippen LogP contribution in [0.15, 0.2) is 30.3 Å². The van der Waals surface area contributed by atoms with E-state index in [1.54, 1.807) is 12.7 Å². The van der Waals surface area contributed by atoms with E-state index in [0.717, 1.165) is 16.8 Å². The first-order chi connectivity index (χ1) is 14.3. The molecular formula is C26H35O2P. The Hall–Kier alpha value is -1.53. The largest absolute Gasteiger partial charge is 0.493 e. The van der Waals surface area contributed by atoms with Crippen LogP contribution in [0.2, 0.25) is 0 Å². The summed E-state index contributed by atoms with van der Waals surface area (Å²) in [6.07, 6.45) is 13.2. The first-order valence-corrected chi connectivity index (χ1v) is 12.0. The van der Waals surface area contributed by atoms with Gasteiger partial charge < -0.3 is 9.47 Å². The number of ether oxygens (including phenoxy) is 2. The van der Waals surface area contributed by atoms with Gasteiger partial charge in [0.05, 0.1) is 14.2 Å². The van der Waals surface area contributed by atoms with Crippen molar-refractivity contribution in [3.8, 4) is 22.6 Å². The highest BCUT2D eigenvalue weighted by molar-refractivity contribution is 7.28. The molecule has 29 heavy (non-hydrogen) atoms. The molecule has 0 spiro atoms. The van der Waals surface area contributed by atoms with E-state index in [2.05, 4.69) is 39.6 Å². The van der Waals surface area contributed by atoms with Gasteiger partial charge in [-0.2, -0.15) is 0 Å². The smallest absolute Gasteiger partial charge is 0.168 e. The zero-order chi connectivity index (χ0) is 20.2. The second-order valence-electron chi connectivity index (χ2n) is 8.72. The number of benzene rings is 2. The van der Waals surface area contributed by atoms with E-state index in [9.17, 15) is 0 Å². The zero-order valence-electron chi connectivity index (χ0n) is 18.0. The van der Waals surface area contributed by atoms with Gasteiger partial charge in [0, 0.05) is 10.9 Å². The summed E-state index contributed by atoms with van der Waals surface area (Å²) in [5, 5.41) is 1.15. The molecule has 156 valence electrons. The molecule has 0 aromatic heterocycles. The molecule has 2 fully saturated rings. The van der Waals surface area contributed by atoms with Gasteiger partial charge in [-0.25, -0.2) is 0 Å². The second-order valence-corrected chi connectivity index (χ2v) is 9.30. The van der Waals surface area contributed by atoms with Crippen LogP contribution in [0.25, 0.3) is 11.1 Å². The van der Waals surface area contributed by atoms with Crippen molar-refractivity contribution in [2.75, 3.05) is 14.2 Å². The van der Waals surface area contributed by atoms with Crippen LogP contribution < -0.4 is 14.8 Å². The van der Waals surface area contributed by atoms with Crippen LogP contribution in [0, 0.1) is 0 Å². The quantitative estimate of drug-likeness (QED) is 0.496. The molecule has 4 rings (SSSR count). The molecule has 2 aromatic rings. The van der Waals surface area contributed by atoms with Crippen LogP contribution in [-0.2, 0) is 0 Å². The minimum atomic E-state index is 0.581. The maximum absolute atomic E-state index is 6.09. The second kappa shape index (κ2) is 9.52. The molecule has 0 aliphatic heterocycles. The third-order valence-electron chi connectivity index (χ3n) is 7.02. The molecule has 1 atom stereocenters. The predicted molar refractivity (Wildman–Crippen MR) is 126 cm³/mol. The Morgan fingerprint density at radius 2 is 1.21 bits per heavy atom. The van der Waals surface area contributed by atoms with Crippen molar-refractivity contribution in [2.45, 2.75) is 76.0 Å². The lowest BCUT2D eigenvalue weighted by atomic mass is 9.73. The molecule has 3 heteroatoms. The van der Waals surface area contributed by atoms with Crippen LogP contribution in [0.5, 0.6) is 11.5 Å². The lowest BCUT2D eigenvalue weighted by Gasteiger charge is -2.34. The first-order valence-electron chi connectivity index (χ1n) is 11.4. The Balaban J connectivity index is 2.02. The third-order valence-corrected chi connectivity index (χ3v) is 7.57. The Labute approximate surface area is 178 Å². The topological polar surface area (TPSA) is 18.5 Å². The number of methoxy groups -OCH3 is 2. The van der Waals surface area contributed by atoms with Gasteiger partial charge in [0.15, 0.2) is 11.5 Å². The van der Waals surface area contributed by atoms with Gasteiger partial charge in [-0.05, 0) is 54.2 Å². The van der Waals surface area contributed by atoms with Crippen molar-refractivity contribution in [3.05, 3.63) is 41.5 Å². The molecule has 2 aliphatic rings. The first kappa shape index (κ1) is 20.7. The summed E-state index contributed by atoms with van der Waals surface area (Å²) in [5.74, 6) is 3.09. The molecule has 2 aromatic carbocycles. The maximum atomic E-state index is 6.09. The summed E-state index contributed by atoms with van der Waals surface area (Å²) >= 11 is 0. The standard InChI is InChI=1S/C26H35O2P/c1-27-24-22(19-14-8-4-9-15-19)21(18-12-6-3-7-13-18)23(26(29)25(24)28-2)20-16-10-5-11-17-20/h5,10-11,16-19H,3-4,6-9,12-15,29H2,1-2H3. The van der Waals surface area contributed by atoms with E-state index < -0.39 is 0 Å². The van der Waals surface area contributed by atoms with E-state index in [4.69, 9.17) is 9.47 Å². The van der Waals surface area contributed by atoms with Crippen molar-refractivity contribution in [1.82, 2.24) is 0 Å². The predicted octanol–water partition coefficient (Wildman–Crippen LogP) is 6.97. The highest BCUT2D eigenvalue weighted by Crippen LogP contribution is 2.51. The highest BCUT2D eigenvalue weighted by atomic mass is 31.0. The molecule has 1 unspecified atom stereocenters. The molecule has 2 aliphatic carbocycles. The monoisotopic (exact) mass is 410 g/mol. The summed E-state index contributed by atoms with van der Waals surface area (Å²) in [4.78, 5) is 0. The van der Waals surface area contributed by atoms with Gasteiger partial charge in [0.25, 0.3) is 0 Å².